The van der Waals surface area contributed by atoms with Crippen LogP contribution < -0.4 is 10.6 Å². The normalized spacial score (nSPS) is 17.5. The lowest BCUT2D eigenvalue weighted by Crippen LogP contribution is -2.45. The predicted molar refractivity (Wildman–Crippen MR) is 91.2 cm³/mol. The predicted octanol–water partition coefficient (Wildman–Crippen LogP) is 2.25. The van der Waals surface area contributed by atoms with E-state index in [1.165, 1.54) is 4.90 Å². The number of hydrogen-bond donors (Lipinski definition) is 2. The first-order chi connectivity index (χ1) is 12.2. The topological polar surface area (TPSA) is 61.4 Å². The lowest BCUT2D eigenvalue weighted by Gasteiger charge is -2.32. The zero-order valence-corrected chi connectivity index (χ0v) is 14.7. The van der Waals surface area contributed by atoms with Crippen LogP contribution in [-0.2, 0) is 9.59 Å². The fourth-order valence-electron chi connectivity index (χ4n) is 3.01. The second-order valence-electron chi connectivity index (χ2n) is 6.65. The third-order valence-electron chi connectivity index (χ3n) is 4.51. The van der Waals surface area contributed by atoms with Crippen LogP contribution in [0.4, 0.5) is 13.2 Å². The van der Waals surface area contributed by atoms with Crippen molar-refractivity contribution in [2.75, 3.05) is 26.2 Å². The second-order valence-corrected chi connectivity index (χ2v) is 6.65. The van der Waals surface area contributed by atoms with Crippen molar-refractivity contribution in [3.05, 3.63) is 35.9 Å². The highest BCUT2D eigenvalue weighted by Crippen LogP contribution is 2.22. The van der Waals surface area contributed by atoms with E-state index >= 15 is 0 Å². The number of likely N-dealkylation sites (tertiary alicyclic amines) is 1. The molecule has 8 heteroatoms. The summed E-state index contributed by atoms with van der Waals surface area (Å²) < 4.78 is 37.1. The molecule has 0 bridgehead atoms. The molecule has 2 N–H and O–H groups in total. The molecule has 26 heavy (non-hydrogen) atoms. The molecule has 0 aliphatic carbocycles. The quantitative estimate of drug-likeness (QED) is 0.781. The molecule has 1 saturated heterocycles. The largest absolute Gasteiger partial charge is 0.401 e. The van der Waals surface area contributed by atoms with Gasteiger partial charge in [0.15, 0.2) is 0 Å². The van der Waals surface area contributed by atoms with Crippen molar-refractivity contribution in [2.45, 2.75) is 32.0 Å². The third-order valence-corrected chi connectivity index (χ3v) is 4.51. The summed E-state index contributed by atoms with van der Waals surface area (Å²) in [5, 5.41) is 5.21. The highest BCUT2D eigenvalue weighted by molar-refractivity contribution is 6.35. The summed E-state index contributed by atoms with van der Waals surface area (Å²) >= 11 is 0. The number of rotatable bonds is 5. The smallest absolute Gasteiger partial charge is 0.348 e. The first-order valence-corrected chi connectivity index (χ1v) is 8.67. The molecule has 1 atom stereocenters. The minimum Gasteiger partial charge on any atom is -0.348 e. The summed E-state index contributed by atoms with van der Waals surface area (Å²) in [4.78, 5) is 25.2. The summed E-state index contributed by atoms with van der Waals surface area (Å²) in [5.74, 6) is -1.34. The number of nitrogens with zero attached hydrogens (tertiary/aromatic N) is 1. The Hall–Kier alpha value is -2.09. The summed E-state index contributed by atoms with van der Waals surface area (Å²) in [6.07, 6.45) is -3.05. The Morgan fingerprint density at radius 3 is 2.35 bits per heavy atom. The van der Waals surface area contributed by atoms with E-state index in [0.29, 0.717) is 32.5 Å². The molecule has 2 rings (SSSR count). The molecule has 144 valence electrons. The van der Waals surface area contributed by atoms with E-state index in [2.05, 4.69) is 10.6 Å². The Morgan fingerprint density at radius 2 is 1.77 bits per heavy atom. The molecule has 2 amide bonds. The van der Waals surface area contributed by atoms with E-state index < -0.39 is 24.5 Å². The number of piperidine rings is 1. The molecular weight excluding hydrogens is 347 g/mol. The van der Waals surface area contributed by atoms with Gasteiger partial charge in [0.1, 0.15) is 0 Å². The minimum absolute atomic E-state index is 0.0859. The Morgan fingerprint density at radius 1 is 1.15 bits per heavy atom. The van der Waals surface area contributed by atoms with Crippen LogP contribution in [0.15, 0.2) is 30.3 Å². The van der Waals surface area contributed by atoms with E-state index in [-0.39, 0.29) is 12.0 Å². The van der Waals surface area contributed by atoms with Crippen LogP contribution in [0.5, 0.6) is 0 Å². The first kappa shape index (κ1) is 20.2. The van der Waals surface area contributed by atoms with Crippen molar-refractivity contribution in [3.8, 4) is 0 Å². The van der Waals surface area contributed by atoms with Crippen molar-refractivity contribution in [2.24, 2.45) is 5.92 Å². The van der Waals surface area contributed by atoms with E-state index in [4.69, 9.17) is 0 Å². The van der Waals surface area contributed by atoms with Gasteiger partial charge in [0, 0.05) is 6.54 Å². The van der Waals surface area contributed by atoms with Crippen molar-refractivity contribution < 1.29 is 22.8 Å². The number of halogens is 3. The molecule has 0 spiro atoms. The first-order valence-electron chi connectivity index (χ1n) is 8.67. The van der Waals surface area contributed by atoms with Gasteiger partial charge in [-0.05, 0) is 44.3 Å². The van der Waals surface area contributed by atoms with Crippen molar-refractivity contribution in [3.63, 3.8) is 0 Å². The molecule has 1 fully saturated rings. The van der Waals surface area contributed by atoms with Crippen LogP contribution in [0.1, 0.15) is 31.4 Å². The minimum atomic E-state index is -4.19. The van der Waals surface area contributed by atoms with Crippen LogP contribution in [0.25, 0.3) is 0 Å². The zero-order chi connectivity index (χ0) is 19.2. The molecule has 0 radical (unpaired) electrons. The number of carbonyl (C=O) groups excluding carboxylic acids is 2. The number of amides is 2. The number of hydrogen-bond acceptors (Lipinski definition) is 3. The van der Waals surface area contributed by atoms with Gasteiger partial charge in [-0.3, -0.25) is 14.5 Å². The van der Waals surface area contributed by atoms with Gasteiger partial charge in [-0.15, -0.1) is 0 Å². The number of alkyl halides is 3. The Balaban J connectivity index is 1.69. The van der Waals surface area contributed by atoms with Gasteiger partial charge in [0.2, 0.25) is 0 Å². The second kappa shape index (κ2) is 9.02. The average Bonchev–Trinajstić information content (AvgIpc) is 2.60. The molecule has 1 aliphatic rings. The van der Waals surface area contributed by atoms with E-state index in [0.717, 1.165) is 5.56 Å². The van der Waals surface area contributed by atoms with Crippen molar-refractivity contribution in [1.29, 1.82) is 0 Å². The standard InChI is InChI=1S/C18H24F3N3O2/c1-13(15-5-3-2-4-6-15)23-17(26)16(25)22-11-14-7-9-24(10-8-14)12-18(19,20)21/h2-6,13-14H,7-12H2,1H3,(H,22,25)(H,23,26). The summed E-state index contributed by atoms with van der Waals surface area (Å²) in [6.45, 7) is 1.88. The zero-order valence-electron chi connectivity index (χ0n) is 14.7. The van der Waals surface area contributed by atoms with Crippen LogP contribution in [0.2, 0.25) is 0 Å². The molecule has 1 unspecified atom stereocenters. The maximum Gasteiger partial charge on any atom is 0.401 e. The summed E-state index contributed by atoms with van der Waals surface area (Å²) in [6, 6.07) is 8.99. The van der Waals surface area contributed by atoms with Crippen LogP contribution in [-0.4, -0.2) is 49.1 Å². The Labute approximate surface area is 150 Å². The summed E-state index contributed by atoms with van der Waals surface area (Å²) in [5.41, 5.74) is 0.894. The van der Waals surface area contributed by atoms with Gasteiger partial charge >= 0.3 is 18.0 Å². The van der Waals surface area contributed by atoms with Crippen LogP contribution in [0, 0.1) is 5.92 Å². The maximum absolute atomic E-state index is 12.4. The molecule has 1 heterocycles. The maximum atomic E-state index is 12.4. The van der Waals surface area contributed by atoms with Gasteiger partial charge in [-0.25, -0.2) is 0 Å². The van der Waals surface area contributed by atoms with Gasteiger partial charge < -0.3 is 10.6 Å². The third kappa shape index (κ3) is 6.67. The van der Waals surface area contributed by atoms with Gasteiger partial charge in [0.25, 0.3) is 0 Å². The van der Waals surface area contributed by atoms with E-state index in [1.807, 2.05) is 30.3 Å². The Bertz CT molecular complexity index is 599. The average molecular weight is 371 g/mol. The van der Waals surface area contributed by atoms with Gasteiger partial charge in [-0.2, -0.15) is 13.2 Å². The van der Waals surface area contributed by atoms with E-state index in [1.54, 1.807) is 6.92 Å². The van der Waals surface area contributed by atoms with Crippen molar-refractivity contribution in [1.82, 2.24) is 15.5 Å². The molecule has 0 saturated carbocycles. The lowest BCUT2D eigenvalue weighted by molar-refractivity contribution is -0.148. The molecule has 0 aromatic heterocycles. The molecule has 1 aliphatic heterocycles. The molecular formula is C18H24F3N3O2. The van der Waals surface area contributed by atoms with E-state index in [9.17, 15) is 22.8 Å². The van der Waals surface area contributed by atoms with Gasteiger partial charge in [0.05, 0.1) is 12.6 Å². The monoisotopic (exact) mass is 371 g/mol. The molecule has 1 aromatic rings. The van der Waals surface area contributed by atoms with Crippen LogP contribution >= 0.6 is 0 Å². The fourth-order valence-corrected chi connectivity index (χ4v) is 3.01. The van der Waals surface area contributed by atoms with Crippen LogP contribution in [0.3, 0.4) is 0 Å². The SMILES string of the molecule is CC(NC(=O)C(=O)NCC1CCN(CC(F)(F)F)CC1)c1ccccc1. The number of benzene rings is 1. The highest BCUT2D eigenvalue weighted by Gasteiger charge is 2.32. The lowest BCUT2D eigenvalue weighted by atomic mass is 9.97. The number of nitrogens with one attached hydrogen (secondary N) is 2. The highest BCUT2D eigenvalue weighted by atomic mass is 19.4. The Kier molecular flexibility index (Phi) is 7.02. The fraction of sp³-hybridized carbons (Fsp3) is 0.556. The van der Waals surface area contributed by atoms with Gasteiger partial charge in [-0.1, -0.05) is 30.3 Å². The molecule has 1 aromatic carbocycles. The number of carbonyl (C=O) groups is 2. The van der Waals surface area contributed by atoms with Crippen molar-refractivity contribution >= 4 is 11.8 Å². The molecule has 5 nitrogen and oxygen atoms in total. The summed E-state index contributed by atoms with van der Waals surface area (Å²) in [7, 11) is 0.